The maximum atomic E-state index is 13.0. The summed E-state index contributed by atoms with van der Waals surface area (Å²) in [4.78, 5) is 15.4. The average molecular weight is 364 g/mol. The maximum Gasteiger partial charge on any atom is 0.235 e. The van der Waals surface area contributed by atoms with E-state index >= 15 is 0 Å². The molecule has 1 aliphatic rings. The van der Waals surface area contributed by atoms with Gasteiger partial charge in [0.05, 0.1) is 12.0 Å². The standard InChI is InChI=1S/C22H24N2O3/c25-20-18-9-4-5-10-19(18)27-21(17-7-2-1-3-8-17)22(20)26-16-6-13-24-14-11-23-12-15-24/h1-5,7-10,23H,6,11-16H2. The molecule has 0 atom stereocenters. The summed E-state index contributed by atoms with van der Waals surface area (Å²) in [5.74, 6) is 0.807. The Balaban J connectivity index is 1.58. The van der Waals surface area contributed by atoms with E-state index in [0.29, 0.717) is 29.1 Å². The van der Waals surface area contributed by atoms with Crippen LogP contribution in [0.25, 0.3) is 22.3 Å². The molecule has 0 saturated carbocycles. The van der Waals surface area contributed by atoms with Crippen LogP contribution in [-0.2, 0) is 0 Å². The molecular weight excluding hydrogens is 340 g/mol. The number of para-hydroxylation sites is 1. The van der Waals surface area contributed by atoms with Crippen molar-refractivity contribution in [2.75, 3.05) is 39.3 Å². The third-order valence-electron chi connectivity index (χ3n) is 4.87. The minimum Gasteiger partial charge on any atom is -0.486 e. The number of hydrogen-bond donors (Lipinski definition) is 1. The second-order valence-electron chi connectivity index (χ2n) is 6.75. The van der Waals surface area contributed by atoms with Gasteiger partial charge >= 0.3 is 0 Å². The van der Waals surface area contributed by atoms with E-state index in [1.807, 2.05) is 48.5 Å². The lowest BCUT2D eigenvalue weighted by atomic mass is 10.1. The number of ether oxygens (including phenoxy) is 1. The number of nitrogens with one attached hydrogen (secondary N) is 1. The highest BCUT2D eigenvalue weighted by Crippen LogP contribution is 2.30. The summed E-state index contributed by atoms with van der Waals surface area (Å²) in [6, 6.07) is 17.0. The fraction of sp³-hybridized carbons (Fsp3) is 0.318. The van der Waals surface area contributed by atoms with E-state index in [1.54, 1.807) is 6.07 Å². The van der Waals surface area contributed by atoms with Crippen LogP contribution in [0.15, 0.2) is 63.8 Å². The van der Waals surface area contributed by atoms with E-state index in [1.165, 1.54) is 0 Å². The fourth-order valence-corrected chi connectivity index (χ4v) is 3.43. The first-order valence-electron chi connectivity index (χ1n) is 9.50. The Morgan fingerprint density at radius 1 is 1.00 bits per heavy atom. The van der Waals surface area contributed by atoms with E-state index in [4.69, 9.17) is 9.15 Å². The van der Waals surface area contributed by atoms with E-state index < -0.39 is 0 Å². The molecule has 1 aliphatic heterocycles. The van der Waals surface area contributed by atoms with Crippen LogP contribution < -0.4 is 15.5 Å². The minimum absolute atomic E-state index is 0.113. The number of rotatable bonds is 6. The van der Waals surface area contributed by atoms with Gasteiger partial charge < -0.3 is 19.4 Å². The SMILES string of the molecule is O=c1c(OCCCN2CCNCC2)c(-c2ccccc2)oc2ccccc12. The highest BCUT2D eigenvalue weighted by Gasteiger charge is 2.17. The molecule has 0 aliphatic carbocycles. The first-order chi connectivity index (χ1) is 13.3. The van der Waals surface area contributed by atoms with Gasteiger partial charge in [-0.3, -0.25) is 4.79 Å². The van der Waals surface area contributed by atoms with Gasteiger partial charge in [-0.15, -0.1) is 0 Å². The minimum atomic E-state index is -0.113. The summed E-state index contributed by atoms with van der Waals surface area (Å²) >= 11 is 0. The highest BCUT2D eigenvalue weighted by atomic mass is 16.5. The molecule has 1 N–H and O–H groups in total. The van der Waals surface area contributed by atoms with Crippen LogP contribution in [0.3, 0.4) is 0 Å². The van der Waals surface area contributed by atoms with Crippen molar-refractivity contribution in [2.45, 2.75) is 6.42 Å². The molecule has 0 spiro atoms. The number of benzene rings is 2. The zero-order valence-electron chi connectivity index (χ0n) is 15.3. The van der Waals surface area contributed by atoms with Gasteiger partial charge in [-0.2, -0.15) is 0 Å². The summed E-state index contributed by atoms with van der Waals surface area (Å²) in [5.41, 5.74) is 1.31. The molecule has 5 nitrogen and oxygen atoms in total. The molecule has 3 aromatic rings. The zero-order valence-corrected chi connectivity index (χ0v) is 15.3. The maximum absolute atomic E-state index is 13.0. The highest BCUT2D eigenvalue weighted by molar-refractivity contribution is 5.81. The van der Waals surface area contributed by atoms with Crippen molar-refractivity contribution in [2.24, 2.45) is 0 Å². The number of hydrogen-bond acceptors (Lipinski definition) is 5. The van der Waals surface area contributed by atoms with Crippen LogP contribution in [0.4, 0.5) is 0 Å². The van der Waals surface area contributed by atoms with Gasteiger partial charge in [0.2, 0.25) is 11.2 Å². The van der Waals surface area contributed by atoms with Crippen molar-refractivity contribution >= 4 is 11.0 Å². The molecule has 2 heterocycles. The van der Waals surface area contributed by atoms with Crippen molar-refractivity contribution in [3.05, 3.63) is 64.8 Å². The molecule has 1 fully saturated rings. The van der Waals surface area contributed by atoms with Gasteiger partial charge in [-0.1, -0.05) is 42.5 Å². The number of fused-ring (bicyclic) bond motifs is 1. The van der Waals surface area contributed by atoms with E-state index in [0.717, 1.165) is 44.7 Å². The van der Waals surface area contributed by atoms with Crippen molar-refractivity contribution < 1.29 is 9.15 Å². The smallest absolute Gasteiger partial charge is 0.235 e. The van der Waals surface area contributed by atoms with Crippen LogP contribution in [-0.4, -0.2) is 44.2 Å². The number of piperazine rings is 1. The van der Waals surface area contributed by atoms with Gasteiger partial charge in [-0.25, -0.2) is 0 Å². The summed E-state index contributed by atoms with van der Waals surface area (Å²) in [5, 5.41) is 3.90. The lowest BCUT2D eigenvalue weighted by molar-refractivity contribution is 0.212. The van der Waals surface area contributed by atoms with Gasteiger partial charge in [0, 0.05) is 38.3 Å². The quantitative estimate of drug-likeness (QED) is 0.681. The molecule has 0 unspecified atom stereocenters. The van der Waals surface area contributed by atoms with Crippen molar-refractivity contribution in [1.29, 1.82) is 0 Å². The van der Waals surface area contributed by atoms with E-state index in [9.17, 15) is 4.79 Å². The van der Waals surface area contributed by atoms with E-state index in [-0.39, 0.29) is 5.43 Å². The Kier molecular flexibility index (Phi) is 5.51. The Hall–Kier alpha value is -2.63. The number of nitrogens with zero attached hydrogens (tertiary/aromatic N) is 1. The van der Waals surface area contributed by atoms with Crippen LogP contribution in [0, 0.1) is 0 Å². The molecule has 1 aromatic heterocycles. The Morgan fingerprint density at radius 2 is 1.74 bits per heavy atom. The van der Waals surface area contributed by atoms with Gasteiger partial charge in [-0.05, 0) is 18.6 Å². The van der Waals surface area contributed by atoms with Crippen molar-refractivity contribution in [3.63, 3.8) is 0 Å². The summed E-state index contributed by atoms with van der Waals surface area (Å²) in [6.45, 7) is 5.66. The van der Waals surface area contributed by atoms with Crippen LogP contribution >= 0.6 is 0 Å². The third-order valence-corrected chi connectivity index (χ3v) is 4.87. The van der Waals surface area contributed by atoms with Gasteiger partial charge in [0.25, 0.3) is 0 Å². The summed E-state index contributed by atoms with van der Waals surface area (Å²) in [7, 11) is 0. The van der Waals surface area contributed by atoms with Crippen LogP contribution in [0.2, 0.25) is 0 Å². The molecule has 140 valence electrons. The van der Waals surface area contributed by atoms with Gasteiger partial charge in [0.1, 0.15) is 5.58 Å². The molecule has 0 bridgehead atoms. The van der Waals surface area contributed by atoms with E-state index in [2.05, 4.69) is 10.2 Å². The lowest BCUT2D eigenvalue weighted by Gasteiger charge is -2.27. The first-order valence-corrected chi connectivity index (χ1v) is 9.50. The average Bonchev–Trinajstić information content (AvgIpc) is 2.74. The summed E-state index contributed by atoms with van der Waals surface area (Å²) < 4.78 is 12.0. The first kappa shape index (κ1) is 17.8. The summed E-state index contributed by atoms with van der Waals surface area (Å²) in [6.07, 6.45) is 0.875. The second kappa shape index (κ2) is 8.37. The van der Waals surface area contributed by atoms with Gasteiger partial charge in [0.15, 0.2) is 5.76 Å². The van der Waals surface area contributed by atoms with Crippen molar-refractivity contribution in [1.82, 2.24) is 10.2 Å². The molecule has 0 amide bonds. The lowest BCUT2D eigenvalue weighted by Crippen LogP contribution is -2.44. The van der Waals surface area contributed by atoms with Crippen LogP contribution in [0.1, 0.15) is 6.42 Å². The normalized spacial score (nSPS) is 15.1. The third kappa shape index (κ3) is 4.04. The zero-order chi connectivity index (χ0) is 18.5. The Bertz CT molecular complexity index is 947. The monoisotopic (exact) mass is 364 g/mol. The Morgan fingerprint density at radius 3 is 2.56 bits per heavy atom. The predicted molar refractivity (Wildman–Crippen MR) is 107 cm³/mol. The molecule has 2 aromatic carbocycles. The second-order valence-corrected chi connectivity index (χ2v) is 6.75. The molecule has 5 heteroatoms. The Labute approximate surface area is 158 Å². The largest absolute Gasteiger partial charge is 0.486 e. The van der Waals surface area contributed by atoms with Crippen molar-refractivity contribution in [3.8, 4) is 17.1 Å². The molecule has 4 rings (SSSR count). The molecular formula is C22H24N2O3. The molecule has 27 heavy (non-hydrogen) atoms. The van der Waals surface area contributed by atoms with Crippen LogP contribution in [0.5, 0.6) is 5.75 Å². The molecule has 0 radical (unpaired) electrons. The molecule has 1 saturated heterocycles. The fourth-order valence-electron chi connectivity index (χ4n) is 3.43. The topological polar surface area (TPSA) is 54.7 Å². The predicted octanol–water partition coefficient (Wildman–Crippen LogP) is 3.13.